The topological polar surface area (TPSA) is 29.5 Å². The molecule has 3 unspecified atom stereocenters. The zero-order valence-electron chi connectivity index (χ0n) is 13.5. The second-order valence-corrected chi connectivity index (χ2v) is 7.80. The first-order valence-electron chi connectivity index (χ1n) is 7.81. The molecule has 21 heavy (non-hydrogen) atoms. The van der Waals surface area contributed by atoms with Crippen molar-refractivity contribution in [2.24, 2.45) is 17.3 Å². The predicted octanol–water partition coefficient (Wildman–Crippen LogP) is 4.71. The summed E-state index contributed by atoms with van der Waals surface area (Å²) in [5.41, 5.74) is 1.40. The highest BCUT2D eigenvalue weighted by molar-refractivity contribution is 6.30. The summed E-state index contributed by atoms with van der Waals surface area (Å²) >= 11 is 6.11. The van der Waals surface area contributed by atoms with Crippen LogP contribution in [0.1, 0.15) is 45.6 Å². The van der Waals surface area contributed by atoms with Crippen molar-refractivity contribution in [1.82, 2.24) is 0 Å². The lowest BCUT2D eigenvalue weighted by molar-refractivity contribution is 0.0194. The minimum Gasteiger partial charge on any atom is -0.496 e. The van der Waals surface area contributed by atoms with E-state index in [1.807, 2.05) is 18.2 Å². The molecule has 1 fully saturated rings. The minimum absolute atomic E-state index is 0.215. The van der Waals surface area contributed by atoms with Crippen LogP contribution in [0.25, 0.3) is 0 Å². The highest BCUT2D eigenvalue weighted by Gasteiger charge is 2.35. The van der Waals surface area contributed by atoms with Gasteiger partial charge in [0.15, 0.2) is 0 Å². The summed E-state index contributed by atoms with van der Waals surface area (Å²) in [6, 6.07) is 5.72. The van der Waals surface area contributed by atoms with E-state index in [1.165, 1.54) is 0 Å². The van der Waals surface area contributed by atoms with Crippen LogP contribution in [0.3, 0.4) is 0 Å². The molecule has 0 saturated heterocycles. The van der Waals surface area contributed by atoms with Crippen LogP contribution in [0, 0.1) is 17.3 Å². The summed E-state index contributed by atoms with van der Waals surface area (Å²) in [4.78, 5) is 0. The average molecular weight is 311 g/mol. The number of hydrogen-bond acceptors (Lipinski definition) is 2. The van der Waals surface area contributed by atoms with E-state index in [1.54, 1.807) is 7.11 Å². The summed E-state index contributed by atoms with van der Waals surface area (Å²) in [6.07, 6.45) is 3.70. The van der Waals surface area contributed by atoms with E-state index < -0.39 is 0 Å². The molecule has 118 valence electrons. The van der Waals surface area contributed by atoms with Crippen molar-refractivity contribution < 1.29 is 9.84 Å². The number of hydrogen-bond donors (Lipinski definition) is 1. The third kappa shape index (κ3) is 4.14. The number of halogens is 1. The Morgan fingerprint density at radius 2 is 2.00 bits per heavy atom. The third-order valence-corrected chi connectivity index (χ3v) is 5.13. The SMILES string of the molecule is COc1ccc(Cl)cc1CC1CC(C(C)(C)C)CCC1O. The van der Waals surface area contributed by atoms with Gasteiger partial charge in [-0.1, -0.05) is 32.4 Å². The molecule has 1 aliphatic carbocycles. The van der Waals surface area contributed by atoms with Crippen LogP contribution < -0.4 is 4.74 Å². The Hall–Kier alpha value is -0.730. The van der Waals surface area contributed by atoms with Gasteiger partial charge in [0.2, 0.25) is 0 Å². The first-order valence-corrected chi connectivity index (χ1v) is 8.19. The number of aliphatic hydroxyl groups excluding tert-OH is 1. The maximum Gasteiger partial charge on any atom is 0.122 e. The van der Waals surface area contributed by atoms with Gasteiger partial charge in [-0.25, -0.2) is 0 Å². The average Bonchev–Trinajstić information content (AvgIpc) is 2.40. The largest absolute Gasteiger partial charge is 0.496 e. The van der Waals surface area contributed by atoms with E-state index in [4.69, 9.17) is 16.3 Å². The molecule has 3 atom stereocenters. The molecule has 1 N–H and O–H groups in total. The number of rotatable bonds is 3. The van der Waals surface area contributed by atoms with Gasteiger partial charge in [0, 0.05) is 5.02 Å². The van der Waals surface area contributed by atoms with Gasteiger partial charge in [0.1, 0.15) is 5.75 Å². The van der Waals surface area contributed by atoms with Crippen LogP contribution in [-0.2, 0) is 6.42 Å². The van der Waals surface area contributed by atoms with Crippen molar-refractivity contribution in [2.75, 3.05) is 7.11 Å². The van der Waals surface area contributed by atoms with E-state index in [0.717, 1.165) is 42.0 Å². The van der Waals surface area contributed by atoms with Gasteiger partial charge < -0.3 is 9.84 Å². The van der Waals surface area contributed by atoms with Crippen LogP contribution in [0.4, 0.5) is 0 Å². The fourth-order valence-electron chi connectivity index (χ4n) is 3.44. The normalized spacial score (nSPS) is 26.7. The summed E-state index contributed by atoms with van der Waals surface area (Å²) in [7, 11) is 1.68. The number of methoxy groups -OCH3 is 1. The lowest BCUT2D eigenvalue weighted by Crippen LogP contribution is -2.35. The van der Waals surface area contributed by atoms with Crippen molar-refractivity contribution in [3.63, 3.8) is 0 Å². The van der Waals surface area contributed by atoms with E-state index >= 15 is 0 Å². The number of aliphatic hydroxyl groups is 1. The van der Waals surface area contributed by atoms with Crippen LogP contribution in [-0.4, -0.2) is 18.3 Å². The van der Waals surface area contributed by atoms with Crippen molar-refractivity contribution in [1.29, 1.82) is 0 Å². The lowest BCUT2D eigenvalue weighted by Gasteiger charge is -2.40. The Morgan fingerprint density at radius 3 is 2.62 bits per heavy atom. The van der Waals surface area contributed by atoms with E-state index in [2.05, 4.69) is 20.8 Å². The van der Waals surface area contributed by atoms with Crippen molar-refractivity contribution in [3.8, 4) is 5.75 Å². The maximum atomic E-state index is 10.4. The molecule has 0 heterocycles. The van der Waals surface area contributed by atoms with Gasteiger partial charge >= 0.3 is 0 Å². The standard InChI is InChI=1S/C18H27ClO2/c1-18(2,3)14-5-7-16(20)12(10-14)9-13-11-15(19)6-8-17(13)21-4/h6,8,11-12,14,16,20H,5,7,9-10H2,1-4H3. The highest BCUT2D eigenvalue weighted by Crippen LogP contribution is 2.42. The lowest BCUT2D eigenvalue weighted by atomic mass is 9.67. The molecule has 0 radical (unpaired) electrons. The Balaban J connectivity index is 2.15. The van der Waals surface area contributed by atoms with E-state index in [0.29, 0.717) is 11.3 Å². The Bertz CT molecular complexity index is 479. The number of benzene rings is 1. The van der Waals surface area contributed by atoms with Crippen molar-refractivity contribution in [2.45, 2.75) is 52.6 Å². The molecule has 1 aromatic rings. The molecule has 0 amide bonds. The zero-order chi connectivity index (χ0) is 15.6. The molecular weight excluding hydrogens is 284 g/mol. The quantitative estimate of drug-likeness (QED) is 0.875. The summed E-state index contributed by atoms with van der Waals surface area (Å²) in [6.45, 7) is 6.89. The second-order valence-electron chi connectivity index (χ2n) is 7.36. The molecule has 2 nitrogen and oxygen atoms in total. The summed E-state index contributed by atoms with van der Waals surface area (Å²) in [5, 5.41) is 11.1. The Morgan fingerprint density at radius 1 is 1.29 bits per heavy atom. The smallest absolute Gasteiger partial charge is 0.122 e. The van der Waals surface area contributed by atoms with Gasteiger partial charge in [-0.05, 0) is 66.7 Å². The van der Waals surface area contributed by atoms with Gasteiger partial charge in [-0.15, -0.1) is 0 Å². The van der Waals surface area contributed by atoms with Crippen LogP contribution in [0.15, 0.2) is 18.2 Å². The van der Waals surface area contributed by atoms with Gasteiger partial charge in [0.05, 0.1) is 13.2 Å². The van der Waals surface area contributed by atoms with Crippen LogP contribution in [0.5, 0.6) is 5.75 Å². The van der Waals surface area contributed by atoms with Gasteiger partial charge in [-0.2, -0.15) is 0 Å². The molecule has 1 saturated carbocycles. The molecule has 1 aromatic carbocycles. The fraction of sp³-hybridized carbons (Fsp3) is 0.667. The van der Waals surface area contributed by atoms with Gasteiger partial charge in [-0.3, -0.25) is 0 Å². The fourth-order valence-corrected chi connectivity index (χ4v) is 3.64. The molecule has 0 spiro atoms. The molecule has 3 heteroatoms. The highest BCUT2D eigenvalue weighted by atomic mass is 35.5. The predicted molar refractivity (Wildman–Crippen MR) is 88.0 cm³/mol. The van der Waals surface area contributed by atoms with Crippen LogP contribution in [0.2, 0.25) is 5.02 Å². The summed E-state index contributed by atoms with van der Waals surface area (Å²) < 4.78 is 5.43. The van der Waals surface area contributed by atoms with Crippen LogP contribution >= 0.6 is 11.6 Å². The first-order chi connectivity index (χ1) is 9.81. The van der Waals surface area contributed by atoms with Crippen molar-refractivity contribution >= 4 is 11.6 Å². The Labute approximate surface area is 133 Å². The molecule has 0 aromatic heterocycles. The molecule has 2 rings (SSSR count). The zero-order valence-corrected chi connectivity index (χ0v) is 14.3. The minimum atomic E-state index is -0.215. The molecule has 1 aliphatic rings. The summed E-state index contributed by atoms with van der Waals surface area (Å²) in [5.74, 6) is 1.82. The molecule has 0 aliphatic heterocycles. The number of ether oxygens (including phenoxy) is 1. The van der Waals surface area contributed by atoms with E-state index in [-0.39, 0.29) is 12.0 Å². The molecular formula is C18H27ClO2. The Kier molecular flexibility index (Phi) is 5.21. The maximum absolute atomic E-state index is 10.4. The molecule has 0 bridgehead atoms. The second kappa shape index (κ2) is 6.58. The third-order valence-electron chi connectivity index (χ3n) is 4.89. The first kappa shape index (κ1) is 16.6. The van der Waals surface area contributed by atoms with E-state index in [9.17, 15) is 5.11 Å². The van der Waals surface area contributed by atoms with Gasteiger partial charge in [0.25, 0.3) is 0 Å². The van der Waals surface area contributed by atoms with Crippen molar-refractivity contribution in [3.05, 3.63) is 28.8 Å². The monoisotopic (exact) mass is 310 g/mol.